The molecule has 6 fully saturated rings. The van der Waals surface area contributed by atoms with Crippen LogP contribution in [-0.4, -0.2) is 186 Å². The fraction of sp³-hybridized carbons (Fsp3) is 1.00. The van der Waals surface area contributed by atoms with Crippen LogP contribution >= 0.6 is 186 Å². The van der Waals surface area contributed by atoms with E-state index in [9.17, 15) is 151 Å². The molecule has 14 aliphatic rings. The lowest BCUT2D eigenvalue weighted by molar-refractivity contribution is 0.0722. The highest BCUT2D eigenvalue weighted by atomic mass is 31.3. The van der Waals surface area contributed by atoms with E-state index in [2.05, 4.69) is 90.3 Å². The van der Waals surface area contributed by atoms with Gasteiger partial charge in [0.25, 0.3) is 7.58 Å². The Morgan fingerprint density at radius 3 is 0.744 bits per heavy atom. The van der Waals surface area contributed by atoms with Gasteiger partial charge in [0.15, 0.2) is 0 Å². The molecule has 14 heterocycles. The summed E-state index contributed by atoms with van der Waals surface area (Å²) in [6, 6.07) is 0. The number of morpholine rings is 1. The van der Waals surface area contributed by atoms with Crippen molar-refractivity contribution in [1.82, 2.24) is 52.6 Å². The van der Waals surface area contributed by atoms with Crippen molar-refractivity contribution in [2.75, 3.05) is 148 Å². The maximum absolute atomic E-state index is 14.2. The van der Waals surface area contributed by atoms with Gasteiger partial charge in [0.1, 0.15) is 0 Å². The van der Waals surface area contributed by atoms with Crippen LogP contribution in [0.5, 0.6) is 0 Å². The second kappa shape index (κ2) is 41.3. The molecular weight excluding hydrogens is 2290 g/mol. The fourth-order valence-corrected chi connectivity index (χ4v) is 64.5. The van der Waals surface area contributed by atoms with E-state index in [1.54, 1.807) is 5.09 Å². The summed E-state index contributed by atoms with van der Waals surface area (Å²) >= 11 is 0. The minimum atomic E-state index is -5.60. The van der Waals surface area contributed by atoms with Gasteiger partial charge in [-0.05, 0) is 88.5 Å². The lowest BCUT2D eigenvalue weighted by Crippen LogP contribution is -2.34. The number of nitrogens with zero attached hydrogens (tertiary/aromatic N) is 32. The van der Waals surface area contributed by atoms with Gasteiger partial charge in [-0.1, -0.05) is 6.42 Å². The molecule has 14 aliphatic heterocycles. The number of hydrogen-bond donors (Lipinski definition) is 3. The van der Waals surface area contributed by atoms with Crippen LogP contribution in [0.4, 0.5) is 151 Å². The summed E-state index contributed by atoms with van der Waals surface area (Å²) in [5.74, 6) is 0. The first kappa shape index (κ1) is 114. The summed E-state index contributed by atoms with van der Waals surface area (Å²) in [7, 11) is -108. The Bertz CT molecular complexity index is 5440. The number of piperidine rings is 1. The molecular formula is C28H67F36N35O2P24. The highest BCUT2D eigenvalue weighted by Gasteiger charge is 2.52. The Morgan fingerprint density at radius 1 is 0.200 bits per heavy atom. The lowest BCUT2D eigenvalue weighted by atomic mass is 10.2. The molecule has 0 aromatic rings. The van der Waals surface area contributed by atoms with Gasteiger partial charge in [0.05, 0.1) is 19.8 Å². The Morgan fingerprint density at radius 2 is 0.448 bits per heavy atom. The summed E-state index contributed by atoms with van der Waals surface area (Å²) in [6.07, 6.45) is 3.90. The van der Waals surface area contributed by atoms with Gasteiger partial charge in [-0.15, -0.1) is 212 Å². The fourth-order valence-electron chi connectivity index (χ4n) is 10.4. The third-order valence-corrected chi connectivity index (χ3v) is 69.2. The van der Waals surface area contributed by atoms with E-state index in [1.807, 2.05) is 28.2 Å². The van der Waals surface area contributed by atoms with Crippen molar-refractivity contribution in [2.24, 2.45) is 108 Å². The van der Waals surface area contributed by atoms with E-state index in [0.29, 0.717) is 51.9 Å². The first-order valence-electron chi connectivity index (χ1n) is 32.7. The molecule has 97 heteroatoms. The summed E-state index contributed by atoms with van der Waals surface area (Å²) in [5, 5.41) is 5.38. The molecule has 7 atom stereocenters. The molecule has 0 amide bonds. The number of halogens is 36. The SMILES string of the molecule is CN1CCCN(C)P12=NP(F)(F)=NP(F)(F)=N2.CN1CCN(C)P12=NP(F)(F)=NP(F)(F)=N2.CN1CCOP12=NP(F)(F)=NP(F)(F)=N2.CNP1(F)=NP(F)(F)=NP(F)(F)=N1.CNP1(F)=NP(F)(F)=NP(F)(NC)=N1.FP1(F)=NP(F)(F)=NP(F)(N2CCCC2)=N1.FP1(F)=NP(F)(F)=NP(F)(N2CCCCC2)=N1.FP1(F)=NP(F)(F)=NP(F)(N2CCOCC2)=N1. The van der Waals surface area contributed by atoms with Gasteiger partial charge in [-0.25, -0.2) is 52.6 Å². The average molecular weight is 2350 g/mol. The number of likely N-dealkylation sites (N-methyl/N-ethyl adjacent to an activating group) is 3. The van der Waals surface area contributed by atoms with Crippen LogP contribution in [0.3, 0.4) is 0 Å². The molecule has 6 saturated heterocycles. The number of ether oxygens (including phenoxy) is 1. The van der Waals surface area contributed by atoms with Crippen molar-refractivity contribution in [3.8, 4) is 0 Å². The van der Waals surface area contributed by atoms with Crippen molar-refractivity contribution in [3.05, 3.63) is 0 Å². The maximum Gasteiger partial charge on any atom is 0.424 e. The average Bonchev–Trinajstić information content (AvgIpc) is 1.67. The normalized spacial score (nSPS) is 35.9. The van der Waals surface area contributed by atoms with Crippen molar-refractivity contribution in [2.45, 2.75) is 38.5 Å². The summed E-state index contributed by atoms with van der Waals surface area (Å²) in [6.45, 7) is 2.73. The predicted octanol–water partition coefficient (Wildman–Crippen LogP) is 40.3. The molecule has 3 N–H and O–H groups in total. The number of nitrogens with one attached hydrogen (secondary N) is 3. The molecule has 37 nitrogen and oxygen atoms in total. The van der Waals surface area contributed by atoms with Crippen molar-refractivity contribution in [3.63, 3.8) is 0 Å². The molecule has 7 unspecified atom stereocenters. The first-order valence-corrected chi connectivity index (χ1v) is 69.0. The van der Waals surface area contributed by atoms with E-state index in [0.717, 1.165) is 48.0 Å². The highest BCUT2D eigenvalue weighted by Crippen LogP contribution is 2.90. The third kappa shape index (κ3) is 32.8. The molecule has 125 heavy (non-hydrogen) atoms. The van der Waals surface area contributed by atoms with E-state index in [-0.39, 0.29) is 65.6 Å². The Hall–Kier alpha value is 2.48. The topological polar surface area (TPSA) is 377 Å². The molecule has 14 rings (SSSR count). The standard InChI is InChI=1S/C5H10F5N4P3.C5H12F4N5P3.C4H8F5N4OP3.C4H8F5N4P3.C4H10F4N5P3.C3H7F4N4OP3.C2H8F4N5P3.CH4F5N4P3/c6-15(7)11-16(8,9)13-17(10,12-15)14-4-2-1-3-5-14;1-13-4-3-5-14(2)17(13)11-15(6,7)10-16(8,9)12-17;5-15(6)10-16(7,8)12-17(9,11-15)13-1-3-14-4-2-13;5-14(6)10-15(7,8)12-16(9,11-14)13-3-1-2-4-13;1-12-3-4-13(2)16(12)10-14(5,6)9-15(7,8)11-16;1-11-2-3-12-15(11)9-13(4,5)8-14(6,7)10-15;1-7-13(5)9-12(3,4)10-14(6,8-2)11-13;1-7-13(6)9-11(2,3)8-12(4,5)10-13/h1-5H2;3-5H2,1-2H3;1-4H2;1-4H2;3-4H2,1-2H3;2-3H2,1H3;7-8H,1-2H3;7H,1H3. The minimum absolute atomic E-state index is 0.0721. The van der Waals surface area contributed by atoms with Gasteiger partial charge >= 0.3 is 163 Å². The monoisotopic (exact) mass is 2350 g/mol. The molecule has 0 aromatic carbocycles. The van der Waals surface area contributed by atoms with Crippen LogP contribution < -0.4 is 15.3 Å². The smallest absolute Gasteiger partial charge is 0.379 e. The quantitative estimate of drug-likeness (QED) is 0.165. The van der Waals surface area contributed by atoms with Gasteiger partial charge in [-0.2, -0.15) is 47.8 Å². The van der Waals surface area contributed by atoms with Gasteiger partial charge in [0, 0.05) is 72.0 Å². The Kier molecular flexibility index (Phi) is 37.9. The minimum Gasteiger partial charge on any atom is -0.379 e. The van der Waals surface area contributed by atoms with Crippen LogP contribution in [0.1, 0.15) is 38.5 Å². The van der Waals surface area contributed by atoms with E-state index >= 15 is 0 Å². The Balaban J connectivity index is 0.000000196. The predicted molar refractivity (Wildman–Crippen MR) is 434 cm³/mol. The zero-order valence-corrected chi connectivity index (χ0v) is 84.6. The van der Waals surface area contributed by atoms with Crippen LogP contribution in [0.2, 0.25) is 0 Å². The molecule has 0 saturated carbocycles. The van der Waals surface area contributed by atoms with Crippen molar-refractivity contribution >= 4 is 186 Å². The van der Waals surface area contributed by atoms with Crippen LogP contribution in [0, 0.1) is 0 Å². The molecule has 3 spiro atoms. The largest absolute Gasteiger partial charge is 0.424 e. The summed E-state index contributed by atoms with van der Waals surface area (Å²) in [4.78, 5) is 0. The number of rotatable bonds is 6. The maximum atomic E-state index is 14.2. The Labute approximate surface area is 691 Å². The van der Waals surface area contributed by atoms with Gasteiger partial charge < -0.3 is 9.26 Å². The summed E-state index contributed by atoms with van der Waals surface area (Å²) < 4.78 is 552. The van der Waals surface area contributed by atoms with Crippen LogP contribution in [-0.2, 0) is 9.26 Å². The third-order valence-electron chi connectivity index (χ3n) is 15.3. The second-order valence-electron chi connectivity index (χ2n) is 24.6. The molecule has 738 valence electrons. The molecule has 0 aliphatic carbocycles. The zero-order valence-electron chi connectivity index (χ0n) is 63.1. The van der Waals surface area contributed by atoms with E-state index in [1.165, 1.54) is 58.6 Å². The highest BCUT2D eigenvalue weighted by molar-refractivity contribution is 7.84. The van der Waals surface area contributed by atoms with E-state index in [4.69, 9.17) is 9.26 Å². The van der Waals surface area contributed by atoms with Crippen LogP contribution in [0.25, 0.3) is 0 Å². The first-order chi connectivity index (χ1) is 56.2. The van der Waals surface area contributed by atoms with Gasteiger partial charge in [-0.3, -0.25) is 0 Å². The van der Waals surface area contributed by atoms with Crippen molar-refractivity contribution in [1.29, 1.82) is 0 Å². The van der Waals surface area contributed by atoms with Crippen LogP contribution in [0.15, 0.2) is 108 Å². The number of hydrogen-bond acceptors (Lipinski definition) is 37. The lowest BCUT2D eigenvalue weighted by Gasteiger charge is -2.41. The summed E-state index contributed by atoms with van der Waals surface area (Å²) in [5.41, 5.74) is 0. The molecule has 0 bridgehead atoms. The zero-order chi connectivity index (χ0) is 95.3. The van der Waals surface area contributed by atoms with Gasteiger partial charge in [0.2, 0.25) is 15.0 Å². The molecule has 0 aromatic heterocycles. The van der Waals surface area contributed by atoms with Crippen molar-refractivity contribution < 1.29 is 160 Å². The molecule has 0 radical (unpaired) electrons. The van der Waals surface area contributed by atoms with E-state index < -0.39 is 186 Å². The second-order valence-corrected chi connectivity index (χ2v) is 71.5.